The van der Waals surface area contributed by atoms with Gasteiger partial charge in [-0.15, -0.1) is 0 Å². The van der Waals surface area contributed by atoms with Gasteiger partial charge in [-0.2, -0.15) is 13.2 Å². The lowest BCUT2D eigenvalue weighted by Gasteiger charge is -2.14. The highest BCUT2D eigenvalue weighted by Crippen LogP contribution is 2.30. The summed E-state index contributed by atoms with van der Waals surface area (Å²) in [5.74, 6) is -0.646. The number of carbonyl (C=O) groups excluding carboxylic acids is 1. The molecule has 3 nitrogen and oxygen atoms in total. The van der Waals surface area contributed by atoms with Gasteiger partial charge in [0.25, 0.3) is 0 Å². The minimum Gasteiger partial charge on any atom is -0.484 e. The first-order chi connectivity index (χ1) is 8.26. The van der Waals surface area contributed by atoms with Gasteiger partial charge >= 0.3 is 12.1 Å². The van der Waals surface area contributed by atoms with E-state index in [-0.39, 0.29) is 11.3 Å². The number of carbonyl (C=O) groups is 1. The SMILES string of the molecule is COC(=O)c1c(Br)ccc(OCC(F)(F)F)c1C. The number of hydrogen-bond donors (Lipinski definition) is 0. The molecule has 0 heterocycles. The fourth-order valence-electron chi connectivity index (χ4n) is 1.33. The fourth-order valence-corrected chi connectivity index (χ4v) is 1.92. The second-order valence-corrected chi connectivity index (χ2v) is 4.30. The van der Waals surface area contributed by atoms with Gasteiger partial charge in [0.05, 0.1) is 12.7 Å². The van der Waals surface area contributed by atoms with Crippen molar-refractivity contribution in [3.63, 3.8) is 0 Å². The number of esters is 1. The maximum absolute atomic E-state index is 12.1. The van der Waals surface area contributed by atoms with Crippen molar-refractivity contribution in [2.45, 2.75) is 13.1 Å². The Morgan fingerprint density at radius 1 is 1.39 bits per heavy atom. The highest BCUT2D eigenvalue weighted by atomic mass is 79.9. The van der Waals surface area contributed by atoms with Crippen molar-refractivity contribution in [1.82, 2.24) is 0 Å². The Balaban J connectivity index is 3.05. The molecule has 1 aromatic rings. The Kier molecular flexibility index (Phi) is 4.61. The summed E-state index contributed by atoms with van der Waals surface area (Å²) < 4.78 is 45.8. The first kappa shape index (κ1) is 14.8. The van der Waals surface area contributed by atoms with Crippen LogP contribution >= 0.6 is 15.9 Å². The average Bonchev–Trinajstić information content (AvgIpc) is 2.26. The third-order valence-corrected chi connectivity index (χ3v) is 2.81. The minimum atomic E-state index is -4.43. The first-order valence-electron chi connectivity index (χ1n) is 4.83. The lowest BCUT2D eigenvalue weighted by molar-refractivity contribution is -0.153. The van der Waals surface area contributed by atoms with Gasteiger partial charge < -0.3 is 9.47 Å². The lowest BCUT2D eigenvalue weighted by atomic mass is 10.1. The van der Waals surface area contributed by atoms with Crippen molar-refractivity contribution >= 4 is 21.9 Å². The Hall–Kier alpha value is -1.24. The molecule has 0 unspecified atom stereocenters. The Bertz CT molecular complexity index is 458. The number of halogens is 4. The quantitative estimate of drug-likeness (QED) is 0.798. The molecule has 0 aliphatic rings. The molecule has 0 aromatic heterocycles. The molecule has 0 aliphatic heterocycles. The van der Waals surface area contributed by atoms with E-state index >= 15 is 0 Å². The highest BCUT2D eigenvalue weighted by Gasteiger charge is 2.29. The molecule has 0 amide bonds. The van der Waals surface area contributed by atoms with Gasteiger partial charge in [0, 0.05) is 10.0 Å². The van der Waals surface area contributed by atoms with Crippen LogP contribution in [0.3, 0.4) is 0 Å². The van der Waals surface area contributed by atoms with Crippen LogP contribution in [0.2, 0.25) is 0 Å². The standard InChI is InChI=1S/C11H10BrF3O3/c1-6-8(18-5-11(13,14)15)4-3-7(12)9(6)10(16)17-2/h3-4H,5H2,1-2H3. The maximum atomic E-state index is 12.1. The predicted molar refractivity (Wildman–Crippen MR) is 61.8 cm³/mol. The predicted octanol–water partition coefficient (Wildman–Crippen LogP) is 3.49. The Labute approximate surface area is 110 Å². The van der Waals surface area contributed by atoms with E-state index in [2.05, 4.69) is 25.4 Å². The Morgan fingerprint density at radius 3 is 2.50 bits per heavy atom. The number of benzene rings is 1. The van der Waals surface area contributed by atoms with E-state index in [1.165, 1.54) is 26.2 Å². The third-order valence-electron chi connectivity index (χ3n) is 2.15. The zero-order chi connectivity index (χ0) is 13.9. The van der Waals surface area contributed by atoms with Crippen molar-refractivity contribution in [3.05, 3.63) is 27.7 Å². The topological polar surface area (TPSA) is 35.5 Å². The maximum Gasteiger partial charge on any atom is 0.422 e. The van der Waals surface area contributed by atoms with E-state index in [4.69, 9.17) is 0 Å². The molecular formula is C11H10BrF3O3. The van der Waals surface area contributed by atoms with Crippen LogP contribution in [0.5, 0.6) is 5.75 Å². The van der Waals surface area contributed by atoms with Crippen LogP contribution in [0.25, 0.3) is 0 Å². The zero-order valence-corrected chi connectivity index (χ0v) is 11.2. The van der Waals surface area contributed by atoms with Crippen molar-refractivity contribution in [3.8, 4) is 5.75 Å². The molecular weight excluding hydrogens is 317 g/mol. The van der Waals surface area contributed by atoms with Crippen LogP contribution in [-0.4, -0.2) is 25.9 Å². The van der Waals surface area contributed by atoms with Gasteiger partial charge in [0.2, 0.25) is 0 Å². The molecule has 0 saturated carbocycles. The van der Waals surface area contributed by atoms with E-state index in [0.717, 1.165) is 0 Å². The van der Waals surface area contributed by atoms with E-state index in [9.17, 15) is 18.0 Å². The van der Waals surface area contributed by atoms with Crippen LogP contribution in [0, 0.1) is 6.92 Å². The van der Waals surface area contributed by atoms with Gasteiger partial charge in [0.1, 0.15) is 5.75 Å². The normalized spacial score (nSPS) is 11.2. The van der Waals surface area contributed by atoms with Crippen molar-refractivity contribution in [2.75, 3.05) is 13.7 Å². The van der Waals surface area contributed by atoms with Crippen molar-refractivity contribution in [2.24, 2.45) is 0 Å². The third kappa shape index (κ3) is 3.63. The summed E-state index contributed by atoms with van der Waals surface area (Å²) in [5, 5.41) is 0. The van der Waals surface area contributed by atoms with Crippen LogP contribution in [0.1, 0.15) is 15.9 Å². The monoisotopic (exact) mass is 326 g/mol. The second kappa shape index (κ2) is 5.60. The molecule has 0 aliphatic carbocycles. The molecule has 1 rings (SSSR count). The van der Waals surface area contributed by atoms with Gasteiger partial charge in [0.15, 0.2) is 6.61 Å². The van der Waals surface area contributed by atoms with Crippen LogP contribution < -0.4 is 4.74 Å². The minimum absolute atomic E-state index is 0.00377. The van der Waals surface area contributed by atoms with Crippen LogP contribution in [0.15, 0.2) is 16.6 Å². The molecule has 0 fully saturated rings. The van der Waals surface area contributed by atoms with Crippen LogP contribution in [0.4, 0.5) is 13.2 Å². The molecule has 0 spiro atoms. The molecule has 0 N–H and O–H groups in total. The van der Waals surface area contributed by atoms with E-state index in [1.807, 2.05) is 0 Å². The van der Waals surface area contributed by atoms with Gasteiger partial charge in [-0.3, -0.25) is 0 Å². The summed E-state index contributed by atoms with van der Waals surface area (Å²) in [6, 6.07) is 2.79. The van der Waals surface area contributed by atoms with E-state index < -0.39 is 18.8 Å². The summed E-state index contributed by atoms with van der Waals surface area (Å²) in [6.45, 7) is 0.0821. The van der Waals surface area contributed by atoms with Gasteiger partial charge in [-0.25, -0.2) is 4.79 Å². The molecule has 18 heavy (non-hydrogen) atoms. The number of hydrogen-bond acceptors (Lipinski definition) is 3. The van der Waals surface area contributed by atoms with Crippen LogP contribution in [-0.2, 0) is 4.74 Å². The number of alkyl halides is 3. The molecule has 0 atom stereocenters. The summed E-state index contributed by atoms with van der Waals surface area (Å²) in [4.78, 5) is 11.5. The molecule has 0 saturated heterocycles. The Morgan fingerprint density at radius 2 is 2.00 bits per heavy atom. The van der Waals surface area contributed by atoms with Gasteiger partial charge in [-0.05, 0) is 35.0 Å². The summed E-state index contributed by atoms with van der Waals surface area (Å²) in [6.07, 6.45) is -4.43. The molecule has 0 radical (unpaired) electrons. The number of rotatable bonds is 3. The zero-order valence-electron chi connectivity index (χ0n) is 9.60. The van der Waals surface area contributed by atoms with Crippen molar-refractivity contribution in [1.29, 1.82) is 0 Å². The highest BCUT2D eigenvalue weighted by molar-refractivity contribution is 9.10. The number of methoxy groups -OCH3 is 1. The summed E-state index contributed by atoms with van der Waals surface area (Å²) >= 11 is 3.13. The summed E-state index contributed by atoms with van der Waals surface area (Å²) in [5.41, 5.74) is 0.442. The second-order valence-electron chi connectivity index (χ2n) is 3.44. The molecule has 100 valence electrons. The fraction of sp³-hybridized carbons (Fsp3) is 0.364. The van der Waals surface area contributed by atoms with Gasteiger partial charge in [-0.1, -0.05) is 0 Å². The van der Waals surface area contributed by atoms with E-state index in [1.54, 1.807) is 0 Å². The first-order valence-corrected chi connectivity index (χ1v) is 5.62. The smallest absolute Gasteiger partial charge is 0.422 e. The van der Waals surface area contributed by atoms with Crippen molar-refractivity contribution < 1.29 is 27.4 Å². The average molecular weight is 327 g/mol. The molecule has 0 bridgehead atoms. The summed E-state index contributed by atoms with van der Waals surface area (Å²) in [7, 11) is 1.19. The molecule has 1 aromatic carbocycles. The van der Waals surface area contributed by atoms with E-state index in [0.29, 0.717) is 10.0 Å². The largest absolute Gasteiger partial charge is 0.484 e. The number of ether oxygens (including phenoxy) is 2. The molecule has 7 heteroatoms. The lowest BCUT2D eigenvalue weighted by Crippen LogP contribution is -2.20.